The first-order valence-electron chi connectivity index (χ1n) is 10.4. The molecule has 7 heteroatoms. The molecule has 2 heterocycles. The molecule has 1 aliphatic heterocycles. The van der Waals surface area contributed by atoms with Gasteiger partial charge in [-0.05, 0) is 42.9 Å². The molecule has 158 valence electrons. The fourth-order valence-electron chi connectivity index (χ4n) is 4.49. The summed E-state index contributed by atoms with van der Waals surface area (Å²) in [6, 6.07) is 13.4. The number of nitrogens with one attached hydrogen (secondary N) is 1. The van der Waals surface area contributed by atoms with Gasteiger partial charge in [-0.25, -0.2) is 4.31 Å². The lowest BCUT2D eigenvalue weighted by atomic mass is 9.71. The predicted molar refractivity (Wildman–Crippen MR) is 122 cm³/mol. The lowest BCUT2D eigenvalue weighted by Crippen LogP contribution is -2.41. The second-order valence-electron chi connectivity index (χ2n) is 8.80. The zero-order valence-electron chi connectivity index (χ0n) is 17.9. The van der Waals surface area contributed by atoms with Crippen LogP contribution in [-0.4, -0.2) is 53.2 Å². The summed E-state index contributed by atoms with van der Waals surface area (Å²) in [4.78, 5) is 19.2. The minimum atomic E-state index is -0.401. The van der Waals surface area contributed by atoms with Gasteiger partial charge >= 0.3 is 0 Å². The SMILES string of the molecule is CN1CCN(SOc2ccc3c(c2)C(C)(C)c2[nH]c4cc(C#N)ccc4c2C3=O)CC1. The third kappa shape index (κ3) is 3.32. The van der Waals surface area contributed by atoms with E-state index in [1.165, 1.54) is 12.2 Å². The van der Waals surface area contributed by atoms with Crippen molar-refractivity contribution in [1.29, 1.82) is 5.26 Å². The van der Waals surface area contributed by atoms with Gasteiger partial charge in [0.05, 0.1) is 17.2 Å². The number of nitriles is 1. The summed E-state index contributed by atoms with van der Waals surface area (Å²) < 4.78 is 8.24. The van der Waals surface area contributed by atoms with E-state index >= 15 is 0 Å². The Morgan fingerprint density at radius 1 is 1.13 bits per heavy atom. The molecule has 0 bridgehead atoms. The van der Waals surface area contributed by atoms with E-state index in [0.29, 0.717) is 16.7 Å². The molecular formula is C24H24N4O2S. The molecule has 1 saturated heterocycles. The first-order chi connectivity index (χ1) is 14.9. The minimum absolute atomic E-state index is 0.0125. The summed E-state index contributed by atoms with van der Waals surface area (Å²) in [7, 11) is 2.13. The van der Waals surface area contributed by atoms with Gasteiger partial charge in [0.15, 0.2) is 5.78 Å². The number of fused-ring (bicyclic) bond motifs is 4. The van der Waals surface area contributed by atoms with Crippen molar-refractivity contribution >= 4 is 28.9 Å². The molecule has 31 heavy (non-hydrogen) atoms. The second kappa shape index (κ2) is 7.41. The van der Waals surface area contributed by atoms with E-state index in [9.17, 15) is 10.1 Å². The average Bonchev–Trinajstić information content (AvgIpc) is 3.17. The summed E-state index contributed by atoms with van der Waals surface area (Å²) in [5.74, 6) is 0.758. The fourth-order valence-corrected chi connectivity index (χ4v) is 5.10. The maximum atomic E-state index is 13.4. The Morgan fingerprint density at radius 3 is 2.65 bits per heavy atom. The molecule has 1 aliphatic carbocycles. The monoisotopic (exact) mass is 432 g/mol. The Kier molecular flexibility index (Phi) is 4.82. The molecule has 2 aliphatic rings. The number of H-pyrrole nitrogens is 1. The van der Waals surface area contributed by atoms with Crippen LogP contribution in [0.25, 0.3) is 10.9 Å². The standard InChI is InChI=1S/C24H24N4O2S/c1-24(2)19-13-16(30-31-28-10-8-27(3)9-11-28)5-7-17(19)22(29)21-18-6-4-15(14-25)12-20(18)26-23(21)24/h4-7,12-13,26H,8-11H2,1-3H3. The van der Waals surface area contributed by atoms with Crippen LogP contribution in [0.5, 0.6) is 5.75 Å². The van der Waals surface area contributed by atoms with Gasteiger partial charge in [-0.2, -0.15) is 5.26 Å². The molecule has 1 aromatic heterocycles. The summed E-state index contributed by atoms with van der Waals surface area (Å²) in [5, 5.41) is 10.1. The highest BCUT2D eigenvalue weighted by Crippen LogP contribution is 2.45. The molecule has 0 radical (unpaired) electrons. The van der Waals surface area contributed by atoms with Gasteiger partial charge in [0, 0.05) is 53.8 Å². The molecule has 2 aromatic carbocycles. The van der Waals surface area contributed by atoms with Crippen molar-refractivity contribution in [2.45, 2.75) is 19.3 Å². The van der Waals surface area contributed by atoms with Gasteiger partial charge in [-0.3, -0.25) is 4.79 Å². The van der Waals surface area contributed by atoms with Crippen molar-refractivity contribution < 1.29 is 8.98 Å². The lowest BCUT2D eigenvalue weighted by molar-refractivity contribution is 0.103. The topological polar surface area (TPSA) is 72.4 Å². The number of rotatable bonds is 3. The molecular weight excluding hydrogens is 408 g/mol. The third-order valence-corrected chi connectivity index (χ3v) is 7.23. The molecule has 1 fully saturated rings. The number of carbonyl (C=O) groups excluding carboxylic acids is 1. The number of hydrogen-bond acceptors (Lipinski definition) is 6. The van der Waals surface area contributed by atoms with E-state index in [4.69, 9.17) is 4.18 Å². The summed E-state index contributed by atoms with van der Waals surface area (Å²) in [5.41, 5.74) is 4.25. The highest BCUT2D eigenvalue weighted by Gasteiger charge is 2.40. The third-order valence-electron chi connectivity index (χ3n) is 6.39. The summed E-state index contributed by atoms with van der Waals surface area (Å²) in [6.45, 7) is 8.21. The van der Waals surface area contributed by atoms with Crippen molar-refractivity contribution in [3.05, 3.63) is 64.3 Å². The van der Waals surface area contributed by atoms with Crippen molar-refractivity contribution in [3.8, 4) is 11.8 Å². The number of piperazine rings is 1. The molecule has 5 rings (SSSR count). The van der Waals surface area contributed by atoms with Crippen LogP contribution < -0.4 is 4.18 Å². The van der Waals surface area contributed by atoms with Crippen LogP contribution in [0.1, 0.15) is 46.6 Å². The first kappa shape index (κ1) is 20.1. The molecule has 3 aromatic rings. The highest BCUT2D eigenvalue weighted by molar-refractivity contribution is 7.92. The second-order valence-corrected chi connectivity index (χ2v) is 9.63. The quantitative estimate of drug-likeness (QED) is 0.496. The zero-order valence-corrected chi connectivity index (χ0v) is 18.7. The van der Waals surface area contributed by atoms with E-state index in [1.54, 1.807) is 6.07 Å². The normalized spacial score (nSPS) is 18.5. The molecule has 1 N–H and O–H groups in total. The first-order valence-corrected chi connectivity index (χ1v) is 11.1. The number of nitrogens with zero attached hydrogens (tertiary/aromatic N) is 3. The maximum Gasteiger partial charge on any atom is 0.195 e. The maximum absolute atomic E-state index is 13.4. The Balaban J connectivity index is 1.49. The minimum Gasteiger partial charge on any atom is -0.409 e. The number of aromatic nitrogens is 1. The summed E-state index contributed by atoms with van der Waals surface area (Å²) >= 11 is 1.38. The van der Waals surface area contributed by atoms with Gasteiger partial charge in [-0.15, -0.1) is 0 Å². The number of benzene rings is 2. The van der Waals surface area contributed by atoms with E-state index < -0.39 is 5.41 Å². The van der Waals surface area contributed by atoms with Crippen LogP contribution in [-0.2, 0) is 5.41 Å². The van der Waals surface area contributed by atoms with Gasteiger partial charge < -0.3 is 14.1 Å². The van der Waals surface area contributed by atoms with E-state index in [0.717, 1.165) is 54.1 Å². The Morgan fingerprint density at radius 2 is 1.90 bits per heavy atom. The summed E-state index contributed by atoms with van der Waals surface area (Å²) in [6.07, 6.45) is 0. The largest absolute Gasteiger partial charge is 0.409 e. The predicted octanol–water partition coefficient (Wildman–Crippen LogP) is 4.10. The van der Waals surface area contributed by atoms with Gasteiger partial charge in [0.2, 0.25) is 0 Å². The number of hydrogen-bond donors (Lipinski definition) is 1. The number of carbonyl (C=O) groups is 1. The molecule has 6 nitrogen and oxygen atoms in total. The lowest BCUT2D eigenvalue weighted by Gasteiger charge is -2.33. The van der Waals surface area contributed by atoms with Crippen LogP contribution in [0.2, 0.25) is 0 Å². The Labute approximate surface area is 186 Å². The van der Waals surface area contributed by atoms with Crippen molar-refractivity contribution in [3.63, 3.8) is 0 Å². The number of aromatic amines is 1. The molecule has 0 amide bonds. The van der Waals surface area contributed by atoms with Crippen LogP contribution in [0, 0.1) is 11.3 Å². The van der Waals surface area contributed by atoms with Crippen LogP contribution in [0.15, 0.2) is 36.4 Å². The Hall–Kier alpha value is -2.79. The molecule has 0 spiro atoms. The van der Waals surface area contributed by atoms with Gasteiger partial charge in [-0.1, -0.05) is 19.9 Å². The molecule has 0 atom stereocenters. The zero-order chi connectivity index (χ0) is 21.8. The number of ketones is 1. The van der Waals surface area contributed by atoms with Crippen molar-refractivity contribution in [2.24, 2.45) is 0 Å². The fraction of sp³-hybridized carbons (Fsp3) is 0.333. The Bertz CT molecular complexity index is 1230. The van der Waals surface area contributed by atoms with E-state index in [2.05, 4.69) is 41.2 Å². The molecule has 0 unspecified atom stereocenters. The van der Waals surface area contributed by atoms with Crippen molar-refractivity contribution in [1.82, 2.24) is 14.2 Å². The number of likely N-dealkylation sites (N-methyl/N-ethyl adjacent to an activating group) is 1. The highest BCUT2D eigenvalue weighted by atomic mass is 32.2. The van der Waals surface area contributed by atoms with Gasteiger partial charge in [0.25, 0.3) is 0 Å². The molecule has 0 saturated carbocycles. The van der Waals surface area contributed by atoms with Gasteiger partial charge in [0.1, 0.15) is 18.0 Å². The van der Waals surface area contributed by atoms with Crippen LogP contribution >= 0.6 is 12.2 Å². The van der Waals surface area contributed by atoms with E-state index in [1.807, 2.05) is 30.3 Å². The smallest absolute Gasteiger partial charge is 0.195 e. The van der Waals surface area contributed by atoms with Crippen molar-refractivity contribution in [2.75, 3.05) is 33.2 Å². The van der Waals surface area contributed by atoms with Crippen LogP contribution in [0.3, 0.4) is 0 Å². The van der Waals surface area contributed by atoms with Crippen LogP contribution in [0.4, 0.5) is 0 Å². The average molecular weight is 433 g/mol. The van der Waals surface area contributed by atoms with E-state index in [-0.39, 0.29) is 5.78 Å².